The fourth-order valence-electron chi connectivity index (χ4n) is 2.81. The van der Waals surface area contributed by atoms with Gasteiger partial charge in [0.15, 0.2) is 9.84 Å². The van der Waals surface area contributed by atoms with Crippen molar-refractivity contribution in [2.24, 2.45) is 5.73 Å². The molecular weight excluding hydrogens is 274 g/mol. The van der Waals surface area contributed by atoms with E-state index in [1.54, 1.807) is 0 Å². The van der Waals surface area contributed by atoms with Crippen LogP contribution in [0, 0.1) is 13.8 Å². The minimum absolute atomic E-state index is 0.0182. The molecule has 1 heterocycles. The van der Waals surface area contributed by atoms with Gasteiger partial charge in [0.1, 0.15) is 0 Å². The summed E-state index contributed by atoms with van der Waals surface area (Å²) in [6.07, 6.45) is 0.342. The van der Waals surface area contributed by atoms with Crippen molar-refractivity contribution >= 4 is 9.84 Å². The Labute approximate surface area is 121 Å². The molecule has 4 nitrogen and oxygen atoms in total. The zero-order valence-corrected chi connectivity index (χ0v) is 13.1. The number of hydrogen-bond donors (Lipinski definition) is 1. The number of aryl methyl sites for hydroxylation is 2. The molecule has 5 heteroatoms. The van der Waals surface area contributed by atoms with E-state index in [0.717, 1.165) is 16.7 Å². The van der Waals surface area contributed by atoms with Gasteiger partial charge in [-0.1, -0.05) is 23.8 Å². The quantitative estimate of drug-likeness (QED) is 0.921. The molecule has 0 aliphatic carbocycles. The van der Waals surface area contributed by atoms with Gasteiger partial charge in [-0.2, -0.15) is 0 Å². The SMILES string of the molecule is Cc1ccc(C)c(C(N)CS(=O)(=O)C2CCOC2C)c1. The molecule has 0 spiro atoms. The van der Waals surface area contributed by atoms with Crippen molar-refractivity contribution in [3.63, 3.8) is 0 Å². The molecule has 20 heavy (non-hydrogen) atoms. The second kappa shape index (κ2) is 5.84. The Kier molecular flexibility index (Phi) is 4.52. The second-order valence-corrected chi connectivity index (χ2v) is 7.96. The van der Waals surface area contributed by atoms with Gasteiger partial charge >= 0.3 is 0 Å². The zero-order chi connectivity index (χ0) is 14.9. The molecule has 1 aliphatic rings. The van der Waals surface area contributed by atoms with E-state index in [1.807, 2.05) is 39.0 Å². The van der Waals surface area contributed by atoms with Gasteiger partial charge in [-0.05, 0) is 38.3 Å². The molecule has 0 amide bonds. The van der Waals surface area contributed by atoms with Crippen LogP contribution in [0.3, 0.4) is 0 Å². The fraction of sp³-hybridized carbons (Fsp3) is 0.600. The smallest absolute Gasteiger partial charge is 0.157 e. The standard InChI is InChI=1S/C15H23NO3S/c1-10-4-5-11(2)13(8-10)14(16)9-20(17,18)15-6-7-19-12(15)3/h4-5,8,12,14-15H,6-7,9,16H2,1-3H3. The van der Waals surface area contributed by atoms with Crippen LogP contribution in [0.2, 0.25) is 0 Å². The summed E-state index contributed by atoms with van der Waals surface area (Å²) in [5.74, 6) is -0.0182. The lowest BCUT2D eigenvalue weighted by molar-refractivity contribution is 0.126. The van der Waals surface area contributed by atoms with Gasteiger partial charge in [0, 0.05) is 12.6 Å². The van der Waals surface area contributed by atoms with Gasteiger partial charge in [-0.3, -0.25) is 0 Å². The first-order valence-corrected chi connectivity index (χ1v) is 8.68. The summed E-state index contributed by atoms with van der Waals surface area (Å²) < 4.78 is 30.3. The first-order valence-electron chi connectivity index (χ1n) is 6.97. The Morgan fingerprint density at radius 1 is 1.40 bits per heavy atom. The van der Waals surface area contributed by atoms with Crippen molar-refractivity contribution in [2.45, 2.75) is 44.6 Å². The molecule has 3 atom stereocenters. The van der Waals surface area contributed by atoms with E-state index in [2.05, 4.69) is 0 Å². The van der Waals surface area contributed by atoms with E-state index in [-0.39, 0.29) is 11.9 Å². The number of hydrogen-bond acceptors (Lipinski definition) is 4. The molecule has 1 aromatic rings. The predicted octanol–water partition coefficient (Wildman–Crippen LogP) is 1.90. The van der Waals surface area contributed by atoms with Gasteiger partial charge in [-0.25, -0.2) is 8.42 Å². The molecule has 3 unspecified atom stereocenters. The molecule has 1 fully saturated rings. The van der Waals surface area contributed by atoms with Crippen LogP contribution in [-0.4, -0.2) is 32.1 Å². The van der Waals surface area contributed by atoms with Crippen LogP contribution in [0.4, 0.5) is 0 Å². The van der Waals surface area contributed by atoms with Crippen molar-refractivity contribution in [2.75, 3.05) is 12.4 Å². The van der Waals surface area contributed by atoms with E-state index in [4.69, 9.17) is 10.5 Å². The second-order valence-electron chi connectivity index (χ2n) is 5.70. The highest BCUT2D eigenvalue weighted by Gasteiger charge is 2.36. The number of sulfone groups is 1. The highest BCUT2D eigenvalue weighted by molar-refractivity contribution is 7.92. The van der Waals surface area contributed by atoms with Crippen molar-refractivity contribution in [1.29, 1.82) is 0 Å². The molecule has 2 N–H and O–H groups in total. The Bertz CT molecular complexity index is 583. The molecule has 0 radical (unpaired) electrons. The summed E-state index contributed by atoms with van der Waals surface area (Å²) in [6, 6.07) is 5.49. The van der Waals surface area contributed by atoms with E-state index in [0.29, 0.717) is 13.0 Å². The maximum Gasteiger partial charge on any atom is 0.157 e. The summed E-state index contributed by atoms with van der Waals surface area (Å²) in [5, 5.41) is -0.418. The molecule has 1 aliphatic heterocycles. The van der Waals surface area contributed by atoms with Gasteiger partial charge in [0.2, 0.25) is 0 Å². The van der Waals surface area contributed by atoms with E-state index >= 15 is 0 Å². The minimum atomic E-state index is -3.24. The van der Waals surface area contributed by atoms with Gasteiger partial charge in [0.25, 0.3) is 0 Å². The summed E-state index contributed by atoms with van der Waals surface area (Å²) in [7, 11) is -3.24. The Morgan fingerprint density at radius 3 is 2.70 bits per heavy atom. The lowest BCUT2D eigenvalue weighted by atomic mass is 10.0. The van der Waals surface area contributed by atoms with Gasteiger partial charge in [-0.15, -0.1) is 0 Å². The van der Waals surface area contributed by atoms with Crippen LogP contribution < -0.4 is 5.73 Å². The average molecular weight is 297 g/mol. The highest BCUT2D eigenvalue weighted by Crippen LogP contribution is 2.25. The third-order valence-corrected chi connectivity index (χ3v) is 6.38. The lowest BCUT2D eigenvalue weighted by Gasteiger charge is -2.20. The van der Waals surface area contributed by atoms with Crippen LogP contribution in [-0.2, 0) is 14.6 Å². The van der Waals surface area contributed by atoms with Crippen LogP contribution in [0.5, 0.6) is 0 Å². The molecule has 112 valence electrons. The van der Waals surface area contributed by atoms with Crippen molar-refractivity contribution in [1.82, 2.24) is 0 Å². The maximum atomic E-state index is 12.5. The Morgan fingerprint density at radius 2 is 2.10 bits per heavy atom. The largest absolute Gasteiger partial charge is 0.377 e. The molecule has 2 rings (SSSR count). The number of benzene rings is 1. The van der Waals surface area contributed by atoms with Crippen LogP contribution >= 0.6 is 0 Å². The number of nitrogens with two attached hydrogens (primary N) is 1. The topological polar surface area (TPSA) is 69.4 Å². The molecule has 1 saturated heterocycles. The summed E-state index contributed by atoms with van der Waals surface area (Å²) >= 11 is 0. The predicted molar refractivity (Wildman–Crippen MR) is 80.5 cm³/mol. The minimum Gasteiger partial charge on any atom is -0.377 e. The van der Waals surface area contributed by atoms with Gasteiger partial charge in [0.05, 0.1) is 17.1 Å². The first kappa shape index (κ1) is 15.5. The summed E-state index contributed by atoms with van der Waals surface area (Å²) in [5.41, 5.74) is 9.19. The van der Waals surface area contributed by atoms with E-state index in [1.165, 1.54) is 0 Å². The molecular formula is C15H23NO3S. The van der Waals surface area contributed by atoms with Crippen molar-refractivity contribution in [3.05, 3.63) is 34.9 Å². The Hall–Kier alpha value is -0.910. The Balaban J connectivity index is 2.18. The highest BCUT2D eigenvalue weighted by atomic mass is 32.2. The lowest BCUT2D eigenvalue weighted by Crippen LogP contribution is -2.34. The van der Waals surface area contributed by atoms with Crippen molar-refractivity contribution in [3.8, 4) is 0 Å². The average Bonchev–Trinajstić information content (AvgIpc) is 2.79. The van der Waals surface area contributed by atoms with Crippen LogP contribution in [0.25, 0.3) is 0 Å². The summed E-state index contributed by atoms with van der Waals surface area (Å²) in [6.45, 7) is 6.28. The number of ether oxygens (including phenoxy) is 1. The fourth-order valence-corrected chi connectivity index (χ4v) is 4.85. The van der Waals surface area contributed by atoms with Gasteiger partial charge < -0.3 is 10.5 Å². The van der Waals surface area contributed by atoms with Crippen LogP contribution in [0.1, 0.15) is 36.1 Å². The van der Waals surface area contributed by atoms with Crippen molar-refractivity contribution < 1.29 is 13.2 Å². The molecule has 0 saturated carbocycles. The van der Waals surface area contributed by atoms with E-state index in [9.17, 15) is 8.42 Å². The monoisotopic (exact) mass is 297 g/mol. The van der Waals surface area contributed by atoms with Crippen LogP contribution in [0.15, 0.2) is 18.2 Å². The number of rotatable bonds is 4. The molecule has 0 bridgehead atoms. The normalized spacial score (nSPS) is 24.8. The molecule has 1 aromatic carbocycles. The van der Waals surface area contributed by atoms with E-state index < -0.39 is 21.1 Å². The zero-order valence-electron chi connectivity index (χ0n) is 12.3. The third kappa shape index (κ3) is 3.22. The third-order valence-electron chi connectivity index (χ3n) is 4.01. The molecule has 0 aromatic heterocycles. The first-order chi connectivity index (χ1) is 9.31. The summed E-state index contributed by atoms with van der Waals surface area (Å²) in [4.78, 5) is 0. The maximum absolute atomic E-state index is 12.5.